The van der Waals surface area contributed by atoms with Gasteiger partial charge in [0.1, 0.15) is 6.20 Å². The van der Waals surface area contributed by atoms with Crippen LogP contribution in [0.3, 0.4) is 0 Å². The average molecular weight is 236 g/mol. The first-order valence-corrected chi connectivity index (χ1v) is 4.78. The Bertz CT molecular complexity index is 586. The van der Waals surface area contributed by atoms with Crippen molar-refractivity contribution in [2.24, 2.45) is 0 Å². The van der Waals surface area contributed by atoms with E-state index in [0.717, 1.165) is 0 Å². The number of nitrogens with two attached hydrogens (primary N) is 2. The molecule has 0 bridgehead atoms. The predicted molar refractivity (Wildman–Crippen MR) is 62.6 cm³/mol. The van der Waals surface area contributed by atoms with Crippen molar-refractivity contribution in [3.05, 3.63) is 17.6 Å². The molecule has 1 heterocycles. The number of rotatable bonds is 2. The summed E-state index contributed by atoms with van der Waals surface area (Å²) in [7, 11) is 2.91. The number of hydrogen-bond donors (Lipinski definition) is 2. The highest BCUT2D eigenvalue weighted by molar-refractivity contribution is 6.05. The molecule has 7 nitrogen and oxygen atoms in total. The highest BCUT2D eigenvalue weighted by Gasteiger charge is 2.19. The van der Waals surface area contributed by atoms with Gasteiger partial charge in [0.15, 0.2) is 11.5 Å². The van der Waals surface area contributed by atoms with Gasteiger partial charge in [-0.25, -0.2) is 0 Å². The lowest BCUT2D eigenvalue weighted by atomic mass is 10.1. The third-order valence-corrected chi connectivity index (χ3v) is 2.51. The number of anilines is 2. The zero-order valence-corrected chi connectivity index (χ0v) is 9.43. The Balaban J connectivity index is 2.94. The van der Waals surface area contributed by atoms with Crippen molar-refractivity contribution in [1.82, 2.24) is 5.10 Å². The molecule has 0 aliphatic heterocycles. The fourth-order valence-corrected chi connectivity index (χ4v) is 1.72. The van der Waals surface area contributed by atoms with E-state index in [2.05, 4.69) is 5.10 Å². The Morgan fingerprint density at radius 1 is 1.12 bits per heavy atom. The Kier molecular flexibility index (Phi) is 2.51. The van der Waals surface area contributed by atoms with Gasteiger partial charge in [0.05, 0.1) is 31.0 Å². The standard InChI is InChI=1S/C10H12N4O3/c1-16-9-7(11)5-3-13-14(15)4-6(5)8(12)10(9)17-2/h3-4H,11-12H2,1-2H3. The molecule has 2 rings (SSSR count). The van der Waals surface area contributed by atoms with Gasteiger partial charge in [0.25, 0.3) is 0 Å². The van der Waals surface area contributed by atoms with Crippen LogP contribution in [0.25, 0.3) is 10.8 Å². The number of nitrogen functional groups attached to an aromatic ring is 2. The molecule has 0 amide bonds. The molecule has 0 unspecified atom stereocenters. The highest BCUT2D eigenvalue weighted by Crippen LogP contribution is 2.44. The third kappa shape index (κ3) is 1.52. The maximum atomic E-state index is 11.1. The maximum Gasteiger partial charge on any atom is 0.220 e. The van der Waals surface area contributed by atoms with Crippen molar-refractivity contribution in [1.29, 1.82) is 0 Å². The van der Waals surface area contributed by atoms with Gasteiger partial charge < -0.3 is 26.1 Å². The lowest BCUT2D eigenvalue weighted by Crippen LogP contribution is -2.29. The van der Waals surface area contributed by atoms with E-state index < -0.39 is 0 Å². The predicted octanol–water partition coefficient (Wildman–Crippen LogP) is 0.0498. The summed E-state index contributed by atoms with van der Waals surface area (Å²) in [5.74, 6) is 0.645. The molecule has 0 saturated heterocycles. The van der Waals surface area contributed by atoms with E-state index in [1.807, 2.05) is 0 Å². The number of aromatic nitrogens is 2. The normalized spacial score (nSPS) is 10.5. The minimum atomic E-state index is 0.292. The number of fused-ring (bicyclic) bond motifs is 1. The summed E-state index contributed by atoms with van der Waals surface area (Å²) in [6.45, 7) is 0. The van der Waals surface area contributed by atoms with Crippen molar-refractivity contribution in [2.45, 2.75) is 0 Å². The van der Waals surface area contributed by atoms with Crippen molar-refractivity contribution in [3.8, 4) is 11.5 Å². The molecule has 7 heteroatoms. The molecule has 0 saturated carbocycles. The minimum Gasteiger partial charge on any atom is -0.594 e. The molecule has 90 valence electrons. The van der Waals surface area contributed by atoms with Crippen LogP contribution in [0, 0.1) is 5.21 Å². The molecular formula is C10H12N4O3. The summed E-state index contributed by atoms with van der Waals surface area (Å²) >= 11 is 0. The van der Waals surface area contributed by atoms with Gasteiger partial charge in [0, 0.05) is 10.5 Å². The number of benzene rings is 1. The summed E-state index contributed by atoms with van der Waals surface area (Å²) in [6.07, 6.45) is 2.58. The number of nitrogens with zero attached hydrogens (tertiary/aromatic N) is 2. The maximum absolute atomic E-state index is 11.1. The van der Waals surface area contributed by atoms with Crippen LogP contribution >= 0.6 is 0 Å². The lowest BCUT2D eigenvalue weighted by Gasteiger charge is -2.14. The number of hydrogen-bond acceptors (Lipinski definition) is 6. The van der Waals surface area contributed by atoms with Crippen LogP contribution in [0.5, 0.6) is 11.5 Å². The van der Waals surface area contributed by atoms with Gasteiger partial charge in [-0.1, -0.05) is 4.85 Å². The second kappa shape index (κ2) is 3.85. The summed E-state index contributed by atoms with van der Waals surface area (Å²) in [5.41, 5.74) is 12.4. The molecule has 0 aliphatic carbocycles. The molecule has 0 atom stereocenters. The quantitative estimate of drug-likeness (QED) is 0.433. The fraction of sp³-hybridized carbons (Fsp3) is 0.200. The van der Waals surface area contributed by atoms with E-state index in [0.29, 0.717) is 38.5 Å². The largest absolute Gasteiger partial charge is 0.594 e. The van der Waals surface area contributed by atoms with Crippen LogP contribution in [0.15, 0.2) is 12.4 Å². The Hall–Kier alpha value is -2.44. The SMILES string of the molecule is COc1c(OC)c(N)c2c[n+]([O-])ncc2c1N. The second-order valence-electron chi connectivity index (χ2n) is 3.40. The van der Waals surface area contributed by atoms with Gasteiger partial charge in [-0.05, 0) is 0 Å². The smallest absolute Gasteiger partial charge is 0.220 e. The van der Waals surface area contributed by atoms with Crippen molar-refractivity contribution in [2.75, 3.05) is 25.7 Å². The molecule has 0 radical (unpaired) electrons. The first kappa shape index (κ1) is 11.1. The molecule has 17 heavy (non-hydrogen) atoms. The summed E-state index contributed by atoms with van der Waals surface area (Å²) in [4.78, 5) is 0.407. The number of methoxy groups -OCH3 is 2. The molecule has 1 aromatic heterocycles. The van der Waals surface area contributed by atoms with E-state index in [1.165, 1.54) is 26.6 Å². The van der Waals surface area contributed by atoms with Crippen LogP contribution < -0.4 is 25.8 Å². The van der Waals surface area contributed by atoms with Crippen LogP contribution in [0.1, 0.15) is 0 Å². The van der Waals surface area contributed by atoms with Crippen molar-refractivity contribution in [3.63, 3.8) is 0 Å². The Morgan fingerprint density at radius 2 is 1.65 bits per heavy atom. The zero-order valence-electron chi connectivity index (χ0n) is 9.43. The molecule has 0 fully saturated rings. The third-order valence-electron chi connectivity index (χ3n) is 2.51. The van der Waals surface area contributed by atoms with Crippen LogP contribution in [0.4, 0.5) is 11.4 Å². The first-order valence-electron chi connectivity index (χ1n) is 4.78. The molecule has 4 N–H and O–H groups in total. The zero-order chi connectivity index (χ0) is 12.6. The van der Waals surface area contributed by atoms with Crippen molar-refractivity contribution < 1.29 is 14.3 Å². The lowest BCUT2D eigenvalue weighted by molar-refractivity contribution is -0.667. The Labute approximate surface area is 97.1 Å². The minimum absolute atomic E-state index is 0.292. The van der Waals surface area contributed by atoms with Crippen LogP contribution in [-0.2, 0) is 0 Å². The van der Waals surface area contributed by atoms with E-state index in [1.54, 1.807) is 0 Å². The second-order valence-corrected chi connectivity index (χ2v) is 3.40. The first-order chi connectivity index (χ1) is 8.10. The van der Waals surface area contributed by atoms with Crippen LogP contribution in [0.2, 0.25) is 0 Å². The van der Waals surface area contributed by atoms with Crippen LogP contribution in [-0.4, -0.2) is 19.3 Å². The van der Waals surface area contributed by atoms with Gasteiger partial charge in [-0.3, -0.25) is 0 Å². The number of ether oxygens (including phenoxy) is 2. The van der Waals surface area contributed by atoms with E-state index in [4.69, 9.17) is 20.9 Å². The molecule has 0 aliphatic rings. The summed E-state index contributed by atoms with van der Waals surface area (Å²) in [6, 6.07) is 0. The topological polar surface area (TPSA) is 110 Å². The molecule has 2 aromatic rings. The summed E-state index contributed by atoms with van der Waals surface area (Å²) < 4.78 is 10.3. The van der Waals surface area contributed by atoms with Gasteiger partial charge in [0.2, 0.25) is 6.20 Å². The monoisotopic (exact) mass is 236 g/mol. The average Bonchev–Trinajstić information content (AvgIpc) is 2.33. The van der Waals surface area contributed by atoms with Gasteiger partial charge >= 0.3 is 0 Å². The highest BCUT2D eigenvalue weighted by atomic mass is 16.5. The summed E-state index contributed by atoms with van der Waals surface area (Å²) in [5, 5.41) is 15.7. The molecular weight excluding hydrogens is 224 g/mol. The van der Waals surface area contributed by atoms with Gasteiger partial charge in [-0.2, -0.15) is 0 Å². The van der Waals surface area contributed by atoms with E-state index in [-0.39, 0.29) is 0 Å². The molecule has 0 spiro atoms. The Morgan fingerprint density at radius 3 is 2.18 bits per heavy atom. The van der Waals surface area contributed by atoms with E-state index >= 15 is 0 Å². The fourth-order valence-electron chi connectivity index (χ4n) is 1.72. The van der Waals surface area contributed by atoms with Gasteiger partial charge in [-0.15, -0.1) is 0 Å². The van der Waals surface area contributed by atoms with Crippen molar-refractivity contribution >= 4 is 22.1 Å². The van der Waals surface area contributed by atoms with E-state index in [9.17, 15) is 5.21 Å². The molecule has 1 aromatic carbocycles.